The van der Waals surface area contributed by atoms with Gasteiger partial charge in [-0.2, -0.15) is 4.98 Å². The first-order valence-electron chi connectivity index (χ1n) is 12.2. The summed E-state index contributed by atoms with van der Waals surface area (Å²) in [5, 5.41) is 9.47. The summed E-state index contributed by atoms with van der Waals surface area (Å²) in [5.41, 5.74) is 0.611. The van der Waals surface area contributed by atoms with Crippen LogP contribution in [0, 0.1) is 11.8 Å². The van der Waals surface area contributed by atoms with Gasteiger partial charge in [0.15, 0.2) is 0 Å². The van der Waals surface area contributed by atoms with Crippen LogP contribution < -0.4 is 16.0 Å². The third-order valence-corrected chi connectivity index (χ3v) is 4.86. The number of carbonyl (C=O) groups excluding carboxylic acids is 2. The second-order valence-corrected chi connectivity index (χ2v) is 9.74. The van der Waals surface area contributed by atoms with Crippen molar-refractivity contribution in [3.63, 3.8) is 0 Å². The number of anilines is 2. The number of aromatic nitrogens is 2. The Morgan fingerprint density at radius 2 is 1.91 bits per heavy atom. The average molecular weight is 486 g/mol. The van der Waals surface area contributed by atoms with Gasteiger partial charge in [-0.25, -0.2) is 4.98 Å². The fraction of sp³-hybridized carbons (Fsp3) is 0.615. The Morgan fingerprint density at radius 3 is 2.54 bits per heavy atom. The summed E-state index contributed by atoms with van der Waals surface area (Å²) >= 11 is 0. The summed E-state index contributed by atoms with van der Waals surface area (Å²) in [6.45, 7) is 11.9. The Labute approximate surface area is 211 Å². The molecule has 1 atom stereocenters. The third kappa shape index (κ3) is 12.2. The van der Waals surface area contributed by atoms with Crippen molar-refractivity contribution in [2.24, 2.45) is 0 Å². The van der Waals surface area contributed by atoms with Crippen LogP contribution in [0.5, 0.6) is 0 Å². The van der Waals surface area contributed by atoms with Gasteiger partial charge in [-0.3, -0.25) is 9.59 Å². The van der Waals surface area contributed by atoms with Crippen molar-refractivity contribution in [1.82, 2.24) is 25.1 Å². The van der Waals surface area contributed by atoms with Crippen molar-refractivity contribution in [2.45, 2.75) is 65.5 Å². The molecule has 0 bridgehead atoms. The number of amides is 2. The lowest BCUT2D eigenvalue weighted by molar-refractivity contribution is -0.135. The topological polar surface area (TPSA) is 102 Å². The molecule has 9 nitrogen and oxygen atoms in total. The van der Waals surface area contributed by atoms with Crippen LogP contribution in [0.3, 0.4) is 0 Å². The first-order valence-corrected chi connectivity index (χ1v) is 12.2. The largest absolute Gasteiger partial charge is 0.369 e. The highest BCUT2D eigenvalue weighted by Crippen LogP contribution is 2.16. The highest BCUT2D eigenvalue weighted by Gasteiger charge is 2.20. The molecule has 0 aliphatic carbocycles. The lowest BCUT2D eigenvalue weighted by atomic mass is 10.1. The number of rotatable bonds is 12. The Balaban J connectivity index is 2.57. The van der Waals surface area contributed by atoms with Crippen LogP contribution in [0.15, 0.2) is 18.3 Å². The lowest BCUT2D eigenvalue weighted by Gasteiger charge is -2.23. The molecule has 0 aliphatic rings. The van der Waals surface area contributed by atoms with E-state index in [1.807, 2.05) is 19.0 Å². The van der Waals surface area contributed by atoms with Gasteiger partial charge >= 0.3 is 0 Å². The van der Waals surface area contributed by atoms with Crippen LogP contribution in [0.1, 0.15) is 59.4 Å². The zero-order chi connectivity index (χ0) is 26.4. The van der Waals surface area contributed by atoms with E-state index >= 15 is 0 Å². The normalized spacial score (nSPS) is 12.1. The Kier molecular flexibility index (Phi) is 12.8. The molecule has 0 fully saturated rings. The van der Waals surface area contributed by atoms with Crippen molar-refractivity contribution in [3.05, 3.63) is 23.9 Å². The number of nitrogens with zero attached hydrogens (tertiary/aromatic N) is 4. The highest BCUT2D eigenvalue weighted by atomic mass is 16.2. The highest BCUT2D eigenvalue weighted by molar-refractivity contribution is 5.92. The maximum absolute atomic E-state index is 12.4. The Hall–Kier alpha value is -3.12. The molecule has 0 aliphatic heterocycles. The van der Waals surface area contributed by atoms with E-state index in [1.165, 1.54) is 11.0 Å². The van der Waals surface area contributed by atoms with Gasteiger partial charge < -0.3 is 25.8 Å². The van der Waals surface area contributed by atoms with E-state index in [2.05, 4.69) is 65.5 Å². The second kappa shape index (κ2) is 15.0. The average Bonchev–Trinajstić information content (AvgIpc) is 2.78. The molecule has 3 N–H and O–H groups in total. The molecule has 194 valence electrons. The molecule has 1 heterocycles. The Morgan fingerprint density at radius 1 is 1.20 bits per heavy atom. The molecular formula is C26H43N7O2. The molecule has 0 saturated heterocycles. The van der Waals surface area contributed by atoms with E-state index < -0.39 is 6.04 Å². The molecule has 0 unspecified atom stereocenters. The molecule has 9 heteroatoms. The molecule has 0 aromatic carbocycles. The first-order chi connectivity index (χ1) is 16.4. The molecule has 2 amide bonds. The summed E-state index contributed by atoms with van der Waals surface area (Å²) in [5.74, 6) is 7.19. The van der Waals surface area contributed by atoms with Gasteiger partial charge in [-0.05, 0) is 54.6 Å². The summed E-state index contributed by atoms with van der Waals surface area (Å²) in [6.07, 6.45) is 7.31. The number of likely N-dealkylation sites (N-methyl/N-ethyl adjacent to an activating group) is 2. The molecule has 0 saturated carbocycles. The second-order valence-electron chi connectivity index (χ2n) is 9.74. The van der Waals surface area contributed by atoms with Crippen molar-refractivity contribution < 1.29 is 9.59 Å². The molecular weight excluding hydrogens is 442 g/mol. The van der Waals surface area contributed by atoms with E-state index in [-0.39, 0.29) is 17.4 Å². The molecule has 0 spiro atoms. The fourth-order valence-corrected chi connectivity index (χ4v) is 2.79. The molecule has 35 heavy (non-hydrogen) atoms. The minimum absolute atomic E-state index is 0.137. The van der Waals surface area contributed by atoms with Gasteiger partial charge in [-0.15, -0.1) is 0 Å². The summed E-state index contributed by atoms with van der Waals surface area (Å²) in [7, 11) is 5.49. The van der Waals surface area contributed by atoms with E-state index in [9.17, 15) is 9.59 Å². The van der Waals surface area contributed by atoms with Gasteiger partial charge in [0.05, 0.1) is 11.8 Å². The van der Waals surface area contributed by atoms with Crippen molar-refractivity contribution in [2.75, 3.05) is 51.4 Å². The predicted octanol–water partition coefficient (Wildman–Crippen LogP) is 2.72. The first kappa shape index (κ1) is 29.9. The van der Waals surface area contributed by atoms with Gasteiger partial charge in [0.25, 0.3) is 0 Å². The van der Waals surface area contributed by atoms with Crippen molar-refractivity contribution in [3.8, 4) is 11.8 Å². The molecule has 0 radical (unpaired) electrons. The van der Waals surface area contributed by atoms with Crippen LogP contribution >= 0.6 is 0 Å². The number of nitrogens with one attached hydrogen (secondary N) is 3. The maximum Gasteiger partial charge on any atom is 0.246 e. The quantitative estimate of drug-likeness (QED) is 0.238. The number of carbonyl (C=O) groups is 2. The molecule has 1 aromatic heterocycles. The van der Waals surface area contributed by atoms with Crippen LogP contribution in [-0.4, -0.2) is 83.9 Å². The van der Waals surface area contributed by atoms with Crippen LogP contribution in [0.4, 0.5) is 11.8 Å². The number of hydrogen-bond acceptors (Lipinski definition) is 7. The smallest absolute Gasteiger partial charge is 0.246 e. The monoisotopic (exact) mass is 485 g/mol. The lowest BCUT2D eigenvalue weighted by Crippen LogP contribution is -2.45. The van der Waals surface area contributed by atoms with Gasteiger partial charge in [-0.1, -0.05) is 24.8 Å². The number of unbranched alkanes of at least 4 members (excludes halogenated alkanes) is 1. The molecule has 1 aromatic rings. The van der Waals surface area contributed by atoms with E-state index in [0.29, 0.717) is 31.9 Å². The minimum Gasteiger partial charge on any atom is -0.369 e. The summed E-state index contributed by atoms with van der Waals surface area (Å²) in [4.78, 5) is 37.0. The minimum atomic E-state index is -0.554. The van der Waals surface area contributed by atoms with Crippen LogP contribution in [0.25, 0.3) is 0 Å². The Bertz CT molecular complexity index is 911. The van der Waals surface area contributed by atoms with Crippen LogP contribution in [-0.2, 0) is 9.59 Å². The molecule has 1 rings (SSSR count). The van der Waals surface area contributed by atoms with E-state index in [4.69, 9.17) is 0 Å². The van der Waals surface area contributed by atoms with Crippen molar-refractivity contribution >= 4 is 23.6 Å². The van der Waals surface area contributed by atoms with E-state index in [0.717, 1.165) is 24.3 Å². The van der Waals surface area contributed by atoms with E-state index in [1.54, 1.807) is 26.2 Å². The zero-order valence-electron chi connectivity index (χ0n) is 22.7. The predicted molar refractivity (Wildman–Crippen MR) is 143 cm³/mol. The third-order valence-electron chi connectivity index (χ3n) is 4.86. The maximum atomic E-state index is 12.4. The van der Waals surface area contributed by atoms with Gasteiger partial charge in [0.2, 0.25) is 17.8 Å². The standard InChI is InChI=1S/C26H43N7O2/c1-9-16-27-23-21(19-29-25(30-23)31-26(3,4)5)14-11-10-12-17-28-24(35)20(2)33(8)22(34)15-13-18-32(6)7/h13,15,19-20H,9-10,12,16-18H2,1-8H3,(H,28,35)(H2,27,29,30,31)/t20-/m0/s1. The van der Waals surface area contributed by atoms with Crippen LogP contribution in [0.2, 0.25) is 0 Å². The summed E-state index contributed by atoms with van der Waals surface area (Å²) < 4.78 is 0. The number of hydrogen-bond donors (Lipinski definition) is 3. The SMILES string of the molecule is CCCNc1nc(NC(C)(C)C)ncc1C#CCCCNC(=O)[C@H](C)N(C)C(=O)C=CCN(C)C. The fourth-order valence-electron chi connectivity index (χ4n) is 2.79. The van der Waals surface area contributed by atoms with Crippen molar-refractivity contribution in [1.29, 1.82) is 0 Å². The van der Waals surface area contributed by atoms with Gasteiger partial charge in [0.1, 0.15) is 11.9 Å². The summed E-state index contributed by atoms with van der Waals surface area (Å²) in [6, 6.07) is -0.554. The zero-order valence-corrected chi connectivity index (χ0v) is 22.7. The van der Waals surface area contributed by atoms with Gasteiger partial charge in [0, 0.05) is 44.7 Å².